The number of nitrogens with zero attached hydrogens (tertiary/aromatic N) is 1. The second-order valence-corrected chi connectivity index (χ2v) is 6.34. The van der Waals surface area contributed by atoms with Crippen LogP contribution in [0.1, 0.15) is 30.5 Å². The van der Waals surface area contributed by atoms with Crippen LogP contribution in [0.2, 0.25) is 0 Å². The highest BCUT2D eigenvalue weighted by Crippen LogP contribution is 2.08. The summed E-state index contributed by atoms with van der Waals surface area (Å²) in [6.07, 6.45) is 4.17. The van der Waals surface area contributed by atoms with Gasteiger partial charge in [-0.3, -0.25) is 9.59 Å². The van der Waals surface area contributed by atoms with Crippen LogP contribution in [0, 0.1) is 0 Å². The maximum atomic E-state index is 12.5. The summed E-state index contributed by atoms with van der Waals surface area (Å²) in [6, 6.07) is 17.2. The lowest BCUT2D eigenvalue weighted by Gasteiger charge is -2.22. The van der Waals surface area contributed by atoms with Crippen molar-refractivity contribution < 1.29 is 9.59 Å². The highest BCUT2D eigenvalue weighted by atomic mass is 16.2. The maximum Gasteiger partial charge on any atom is 0.244 e. The highest BCUT2D eigenvalue weighted by Gasteiger charge is 2.18. The average Bonchev–Trinajstić information content (AvgIpc) is 2.67. The lowest BCUT2D eigenvalue weighted by molar-refractivity contribution is -0.134. The second-order valence-electron chi connectivity index (χ2n) is 6.34. The van der Waals surface area contributed by atoms with Gasteiger partial charge in [-0.25, -0.2) is 0 Å². The van der Waals surface area contributed by atoms with Gasteiger partial charge in [-0.2, -0.15) is 0 Å². The van der Waals surface area contributed by atoms with E-state index in [1.165, 1.54) is 11.6 Å². The molecule has 0 heterocycles. The number of hydrogen-bond acceptors (Lipinski definition) is 2. The summed E-state index contributed by atoms with van der Waals surface area (Å²) < 4.78 is 0. The van der Waals surface area contributed by atoms with Crippen molar-refractivity contribution in [3.63, 3.8) is 0 Å². The molecule has 2 rings (SSSR count). The molecule has 0 aliphatic rings. The molecule has 2 aromatic carbocycles. The number of amides is 2. The van der Waals surface area contributed by atoms with E-state index in [0.717, 1.165) is 17.5 Å². The van der Waals surface area contributed by atoms with Crippen molar-refractivity contribution in [2.75, 3.05) is 7.05 Å². The first-order valence-electron chi connectivity index (χ1n) is 8.86. The van der Waals surface area contributed by atoms with Crippen LogP contribution in [-0.4, -0.2) is 29.8 Å². The first-order chi connectivity index (χ1) is 12.5. The predicted octanol–water partition coefficient (Wildman–Crippen LogP) is 3.43. The van der Waals surface area contributed by atoms with Crippen LogP contribution in [0.5, 0.6) is 0 Å². The molecule has 4 nitrogen and oxygen atoms in total. The Hall–Kier alpha value is -2.88. The molecular formula is C22H26N2O2. The molecule has 0 spiro atoms. The lowest BCUT2D eigenvalue weighted by Crippen LogP contribution is -2.44. The molecule has 0 saturated heterocycles. The molecule has 0 fully saturated rings. The minimum atomic E-state index is -0.581. The zero-order valence-corrected chi connectivity index (χ0v) is 15.6. The van der Waals surface area contributed by atoms with Crippen molar-refractivity contribution in [3.8, 4) is 0 Å². The number of carbonyl (C=O) groups excluding carboxylic acids is 2. The Kier molecular flexibility index (Phi) is 7.15. The van der Waals surface area contributed by atoms with E-state index in [1.807, 2.05) is 42.5 Å². The quantitative estimate of drug-likeness (QED) is 0.778. The van der Waals surface area contributed by atoms with E-state index in [0.29, 0.717) is 6.54 Å². The monoisotopic (exact) mass is 350 g/mol. The first-order valence-corrected chi connectivity index (χ1v) is 8.86. The molecule has 0 aliphatic heterocycles. The van der Waals surface area contributed by atoms with Crippen molar-refractivity contribution in [1.82, 2.24) is 10.2 Å². The SMILES string of the molecule is CCc1ccc(CN(C)C(=O)C(C)NC(=O)/C=C/c2ccccc2)cc1. The van der Waals surface area contributed by atoms with Gasteiger partial charge in [-0.15, -0.1) is 0 Å². The Bertz CT molecular complexity index is 751. The van der Waals surface area contributed by atoms with E-state index < -0.39 is 6.04 Å². The number of hydrogen-bond donors (Lipinski definition) is 1. The van der Waals surface area contributed by atoms with Crippen molar-refractivity contribution in [1.29, 1.82) is 0 Å². The zero-order chi connectivity index (χ0) is 18.9. The average molecular weight is 350 g/mol. The molecule has 0 saturated carbocycles. The molecule has 4 heteroatoms. The zero-order valence-electron chi connectivity index (χ0n) is 15.6. The molecule has 0 aromatic heterocycles. The van der Waals surface area contributed by atoms with Crippen molar-refractivity contribution in [2.24, 2.45) is 0 Å². The molecule has 2 aromatic rings. The summed E-state index contributed by atoms with van der Waals surface area (Å²) in [6.45, 7) is 4.33. The topological polar surface area (TPSA) is 49.4 Å². The van der Waals surface area contributed by atoms with E-state index in [2.05, 4.69) is 24.4 Å². The van der Waals surface area contributed by atoms with Crippen LogP contribution >= 0.6 is 0 Å². The second kappa shape index (κ2) is 9.56. The minimum absolute atomic E-state index is 0.119. The molecule has 1 atom stereocenters. The Morgan fingerprint density at radius 3 is 2.27 bits per heavy atom. The summed E-state index contributed by atoms with van der Waals surface area (Å²) in [5.74, 6) is -0.401. The summed E-state index contributed by atoms with van der Waals surface area (Å²) in [5.41, 5.74) is 3.28. The normalized spacial score (nSPS) is 12.0. The molecule has 0 aliphatic carbocycles. The lowest BCUT2D eigenvalue weighted by atomic mass is 10.1. The summed E-state index contributed by atoms with van der Waals surface area (Å²) >= 11 is 0. The number of nitrogens with one attached hydrogen (secondary N) is 1. The van der Waals surface area contributed by atoms with Crippen LogP contribution in [0.3, 0.4) is 0 Å². The van der Waals surface area contributed by atoms with E-state index >= 15 is 0 Å². The molecule has 2 amide bonds. The van der Waals surface area contributed by atoms with Gasteiger partial charge in [0.05, 0.1) is 0 Å². The first kappa shape index (κ1) is 19.4. The van der Waals surface area contributed by atoms with Gasteiger partial charge in [0, 0.05) is 19.7 Å². The Labute approximate surface area is 155 Å². The smallest absolute Gasteiger partial charge is 0.244 e. The van der Waals surface area contributed by atoms with Gasteiger partial charge in [0.25, 0.3) is 0 Å². The fourth-order valence-electron chi connectivity index (χ4n) is 2.62. The van der Waals surface area contributed by atoms with Crippen LogP contribution < -0.4 is 5.32 Å². The summed E-state index contributed by atoms with van der Waals surface area (Å²) in [7, 11) is 1.75. The van der Waals surface area contributed by atoms with Gasteiger partial charge in [0.2, 0.25) is 11.8 Å². The van der Waals surface area contributed by atoms with Gasteiger partial charge in [-0.05, 0) is 36.1 Å². The Morgan fingerprint density at radius 1 is 1.04 bits per heavy atom. The number of aryl methyl sites for hydroxylation is 1. The Balaban J connectivity index is 1.86. The number of carbonyl (C=O) groups is 2. The van der Waals surface area contributed by atoms with Crippen molar-refractivity contribution in [2.45, 2.75) is 32.9 Å². The number of likely N-dealkylation sites (N-methyl/N-ethyl adjacent to an activating group) is 1. The third-order valence-corrected chi connectivity index (χ3v) is 4.18. The van der Waals surface area contributed by atoms with E-state index in [-0.39, 0.29) is 11.8 Å². The van der Waals surface area contributed by atoms with Crippen LogP contribution in [0.4, 0.5) is 0 Å². The van der Waals surface area contributed by atoms with E-state index in [1.54, 1.807) is 24.9 Å². The summed E-state index contributed by atoms with van der Waals surface area (Å²) in [4.78, 5) is 26.1. The van der Waals surface area contributed by atoms with Crippen LogP contribution in [-0.2, 0) is 22.6 Å². The van der Waals surface area contributed by atoms with Crippen LogP contribution in [0.25, 0.3) is 6.08 Å². The summed E-state index contributed by atoms with van der Waals surface area (Å²) in [5, 5.41) is 2.72. The fraction of sp³-hybridized carbons (Fsp3) is 0.273. The highest BCUT2D eigenvalue weighted by molar-refractivity contribution is 5.95. The fourth-order valence-corrected chi connectivity index (χ4v) is 2.62. The standard InChI is InChI=1S/C22H26N2O2/c1-4-18-10-12-20(13-11-18)16-24(3)22(26)17(2)23-21(25)15-14-19-8-6-5-7-9-19/h5-15,17H,4,16H2,1-3H3,(H,23,25)/b15-14+. The molecule has 0 bridgehead atoms. The molecule has 1 N–H and O–H groups in total. The maximum absolute atomic E-state index is 12.5. The molecule has 0 radical (unpaired) electrons. The van der Waals surface area contributed by atoms with Crippen molar-refractivity contribution in [3.05, 3.63) is 77.4 Å². The largest absolute Gasteiger partial charge is 0.341 e. The Morgan fingerprint density at radius 2 is 1.65 bits per heavy atom. The molecule has 26 heavy (non-hydrogen) atoms. The van der Waals surface area contributed by atoms with Gasteiger partial charge < -0.3 is 10.2 Å². The van der Waals surface area contributed by atoms with Crippen molar-refractivity contribution >= 4 is 17.9 Å². The van der Waals surface area contributed by atoms with Gasteiger partial charge in [0.15, 0.2) is 0 Å². The molecular weight excluding hydrogens is 324 g/mol. The minimum Gasteiger partial charge on any atom is -0.341 e. The number of rotatable bonds is 7. The third-order valence-electron chi connectivity index (χ3n) is 4.18. The van der Waals surface area contributed by atoms with Crippen LogP contribution in [0.15, 0.2) is 60.7 Å². The number of benzene rings is 2. The predicted molar refractivity (Wildman–Crippen MR) is 105 cm³/mol. The van der Waals surface area contributed by atoms with Gasteiger partial charge in [0.1, 0.15) is 6.04 Å². The molecule has 1 unspecified atom stereocenters. The van der Waals surface area contributed by atoms with Gasteiger partial charge in [-0.1, -0.05) is 61.5 Å². The van der Waals surface area contributed by atoms with E-state index in [9.17, 15) is 9.59 Å². The molecule has 136 valence electrons. The van der Waals surface area contributed by atoms with E-state index in [4.69, 9.17) is 0 Å². The third kappa shape index (κ3) is 5.88. The van der Waals surface area contributed by atoms with Gasteiger partial charge >= 0.3 is 0 Å².